The first-order chi connectivity index (χ1) is 18.2. The molecule has 6 rings (SSSR count). The van der Waals surface area contributed by atoms with Crippen LogP contribution in [0.3, 0.4) is 0 Å². The molecule has 0 atom stereocenters. The van der Waals surface area contributed by atoms with Crippen molar-refractivity contribution in [1.29, 1.82) is 0 Å². The number of hydrogen-bond acceptors (Lipinski definition) is 1. The first-order valence-corrected chi connectivity index (χ1v) is 14.8. The molecule has 0 heterocycles. The van der Waals surface area contributed by atoms with E-state index in [4.69, 9.17) is 16.3 Å². The van der Waals surface area contributed by atoms with Gasteiger partial charge < -0.3 is 21.7 Å². The van der Waals surface area contributed by atoms with Crippen molar-refractivity contribution in [3.63, 3.8) is 0 Å². The second-order valence-electron chi connectivity index (χ2n) is 9.26. The Balaban J connectivity index is 0.00000294. The lowest BCUT2D eigenvalue weighted by Gasteiger charge is -2.28. The third kappa shape index (κ3) is 4.63. The number of halogens is 2. The third-order valence-corrected chi connectivity index (χ3v) is 12.0. The summed E-state index contributed by atoms with van der Waals surface area (Å²) in [5.41, 5.74) is 1.17. The summed E-state index contributed by atoms with van der Waals surface area (Å²) < 4.78 is 5.44. The van der Waals surface area contributed by atoms with Gasteiger partial charge in [0.1, 0.15) is 28.9 Å². The minimum Gasteiger partial charge on any atom is -1.00 e. The van der Waals surface area contributed by atoms with E-state index in [2.05, 4.69) is 127 Å². The maximum absolute atomic E-state index is 7.26. The first kappa shape index (κ1) is 26.4. The molecule has 0 unspecified atom stereocenters. The molecule has 0 fully saturated rings. The van der Waals surface area contributed by atoms with Gasteiger partial charge in [0.2, 0.25) is 0 Å². The molecule has 0 saturated heterocycles. The molecular weight excluding hydrogens is 571 g/mol. The quantitative estimate of drug-likeness (QED) is 0.191. The van der Waals surface area contributed by atoms with Crippen LogP contribution in [0, 0.1) is 0 Å². The van der Waals surface area contributed by atoms with Gasteiger partial charge in [0.25, 0.3) is 0 Å². The van der Waals surface area contributed by atoms with Crippen molar-refractivity contribution in [1.82, 2.24) is 0 Å². The number of benzene rings is 6. The molecule has 0 radical (unpaired) electrons. The van der Waals surface area contributed by atoms with Crippen LogP contribution >= 0.6 is 18.9 Å². The van der Waals surface area contributed by atoms with E-state index in [1.807, 2.05) is 6.07 Å². The van der Waals surface area contributed by atoms with Gasteiger partial charge in [0.15, 0.2) is 0 Å². The van der Waals surface area contributed by atoms with Crippen molar-refractivity contribution in [2.45, 2.75) is 6.16 Å². The van der Waals surface area contributed by atoms with Gasteiger partial charge in [-0.3, -0.25) is 0 Å². The van der Waals surface area contributed by atoms with E-state index in [1.165, 1.54) is 26.9 Å². The number of methoxy groups -OCH3 is 1. The van der Waals surface area contributed by atoms with E-state index in [1.54, 1.807) is 7.11 Å². The van der Waals surface area contributed by atoms with Crippen LogP contribution in [0.15, 0.2) is 133 Å². The highest BCUT2D eigenvalue weighted by molar-refractivity contribution is 7.95. The highest BCUT2D eigenvalue weighted by Gasteiger charge is 2.45. The second kappa shape index (κ2) is 11.3. The van der Waals surface area contributed by atoms with Crippen LogP contribution in [-0.2, 0) is 6.16 Å². The van der Waals surface area contributed by atoms with Crippen molar-refractivity contribution in [2.75, 3.05) is 7.11 Å². The molecule has 6 aromatic carbocycles. The Hall–Kier alpha value is -3.16. The van der Waals surface area contributed by atoms with E-state index in [0.29, 0.717) is 0 Å². The zero-order valence-electron chi connectivity index (χ0n) is 21.0. The SMILES string of the molecule is COc1ccc2c(ccc3c(Cl)c(C[P+](c4ccccc4)(c4ccccc4)c4ccccc4)ccc32)c1.[Br-]. The van der Waals surface area contributed by atoms with Gasteiger partial charge in [0, 0.05) is 10.9 Å². The molecule has 1 nitrogen and oxygen atoms in total. The minimum atomic E-state index is -2.04. The Labute approximate surface area is 240 Å². The van der Waals surface area contributed by atoms with E-state index >= 15 is 0 Å². The van der Waals surface area contributed by atoms with Crippen LogP contribution in [0.1, 0.15) is 5.56 Å². The number of fused-ring (bicyclic) bond motifs is 3. The van der Waals surface area contributed by atoms with E-state index in [0.717, 1.165) is 33.1 Å². The smallest absolute Gasteiger partial charge is 0.119 e. The van der Waals surface area contributed by atoms with Crippen LogP contribution in [-0.4, -0.2) is 7.11 Å². The zero-order valence-corrected chi connectivity index (χ0v) is 24.3. The lowest BCUT2D eigenvalue weighted by molar-refractivity contribution is -0.00000727. The number of hydrogen-bond donors (Lipinski definition) is 0. The summed E-state index contributed by atoms with van der Waals surface area (Å²) in [6.45, 7) is 0. The Bertz CT molecular complexity index is 1590. The first-order valence-electron chi connectivity index (χ1n) is 12.4. The molecule has 0 aliphatic rings. The van der Waals surface area contributed by atoms with Gasteiger partial charge in [-0.05, 0) is 64.7 Å². The molecule has 0 bridgehead atoms. The molecule has 6 aromatic rings. The second-order valence-corrected chi connectivity index (χ2v) is 13.1. The summed E-state index contributed by atoms with van der Waals surface area (Å²) in [7, 11) is -0.339. The molecule has 4 heteroatoms. The average Bonchev–Trinajstić information content (AvgIpc) is 2.98. The average molecular weight is 598 g/mol. The molecule has 0 spiro atoms. The molecule has 0 aromatic heterocycles. The molecule has 38 heavy (non-hydrogen) atoms. The molecule has 0 saturated carbocycles. The summed E-state index contributed by atoms with van der Waals surface area (Å²) in [5.74, 6) is 0.859. The summed E-state index contributed by atoms with van der Waals surface area (Å²) in [4.78, 5) is 0. The van der Waals surface area contributed by atoms with Crippen LogP contribution < -0.4 is 37.6 Å². The van der Waals surface area contributed by atoms with Gasteiger partial charge in [0.05, 0.1) is 18.3 Å². The number of rotatable bonds is 6. The fourth-order valence-corrected chi connectivity index (χ4v) is 10.1. The van der Waals surface area contributed by atoms with Gasteiger partial charge >= 0.3 is 0 Å². The monoisotopic (exact) mass is 596 g/mol. The molecule has 0 aliphatic heterocycles. The predicted molar refractivity (Wildman–Crippen MR) is 162 cm³/mol. The molecule has 0 aliphatic carbocycles. The molecule has 0 N–H and O–H groups in total. The maximum atomic E-state index is 7.26. The number of ether oxygens (including phenoxy) is 1. The van der Waals surface area contributed by atoms with Crippen molar-refractivity contribution >= 4 is 56.3 Å². The Morgan fingerprint density at radius 2 is 1.08 bits per heavy atom. The lowest BCUT2D eigenvalue weighted by Crippen LogP contribution is -3.00. The van der Waals surface area contributed by atoms with E-state index in [9.17, 15) is 0 Å². The summed E-state index contributed by atoms with van der Waals surface area (Å²) in [5, 5.41) is 9.48. The zero-order chi connectivity index (χ0) is 25.2. The predicted octanol–water partition coefficient (Wildman–Crippen LogP) is 5.15. The van der Waals surface area contributed by atoms with Gasteiger partial charge in [-0.1, -0.05) is 96.5 Å². The van der Waals surface area contributed by atoms with Crippen LogP contribution in [0.25, 0.3) is 21.5 Å². The van der Waals surface area contributed by atoms with Crippen molar-refractivity contribution in [3.05, 3.63) is 144 Å². The Morgan fingerprint density at radius 3 is 1.61 bits per heavy atom. The fraction of sp³-hybridized carbons (Fsp3) is 0.0588. The van der Waals surface area contributed by atoms with Crippen LogP contribution in [0.2, 0.25) is 5.02 Å². The highest BCUT2D eigenvalue weighted by atomic mass is 79.9. The normalized spacial score (nSPS) is 11.3. The molecule has 188 valence electrons. The molecule has 0 amide bonds. The standard InChI is InChI=1S/C34H27ClOP.BrH/c1-36-27-19-22-31-25(23-27)17-21-33-32(31)20-18-26(34(33)35)24-37(28-11-5-2-6-12-28,29-13-7-3-8-14-29)30-15-9-4-10-16-30;/h2-23H,24H2,1H3;1H/q+1;/p-1. The highest BCUT2D eigenvalue weighted by Crippen LogP contribution is 2.59. The van der Waals surface area contributed by atoms with Gasteiger partial charge in [-0.15, -0.1) is 0 Å². The summed E-state index contributed by atoms with van der Waals surface area (Å²) in [6.07, 6.45) is 0.848. The topological polar surface area (TPSA) is 9.23 Å². The lowest BCUT2D eigenvalue weighted by atomic mass is 10.00. The molecular formula is C34H27BrClOP. The fourth-order valence-electron chi connectivity index (χ4n) is 5.41. The Morgan fingerprint density at radius 1 is 0.579 bits per heavy atom. The largest absolute Gasteiger partial charge is 1.00 e. The maximum Gasteiger partial charge on any atom is 0.119 e. The third-order valence-electron chi connectivity index (χ3n) is 7.24. The summed E-state index contributed by atoms with van der Waals surface area (Å²) >= 11 is 7.26. The van der Waals surface area contributed by atoms with Crippen molar-refractivity contribution in [3.8, 4) is 5.75 Å². The van der Waals surface area contributed by atoms with Crippen LogP contribution in [0.4, 0.5) is 0 Å². The van der Waals surface area contributed by atoms with E-state index in [-0.39, 0.29) is 17.0 Å². The Kier molecular flexibility index (Phi) is 7.86. The van der Waals surface area contributed by atoms with Crippen molar-refractivity contribution < 1.29 is 21.7 Å². The van der Waals surface area contributed by atoms with Gasteiger partial charge in [-0.2, -0.15) is 0 Å². The van der Waals surface area contributed by atoms with Gasteiger partial charge in [-0.25, -0.2) is 0 Å². The van der Waals surface area contributed by atoms with Crippen LogP contribution in [0.5, 0.6) is 5.75 Å². The van der Waals surface area contributed by atoms with E-state index < -0.39 is 7.26 Å². The summed E-state index contributed by atoms with van der Waals surface area (Å²) in [6, 6.07) is 47.9. The van der Waals surface area contributed by atoms with Crippen molar-refractivity contribution in [2.24, 2.45) is 0 Å². The minimum absolute atomic E-state index is 0.